The van der Waals surface area contributed by atoms with Gasteiger partial charge in [-0.1, -0.05) is 12.1 Å². The van der Waals surface area contributed by atoms with Crippen LogP contribution < -0.4 is 10.5 Å². The summed E-state index contributed by atoms with van der Waals surface area (Å²) in [5.74, 6) is 1.59. The molecule has 15 heavy (non-hydrogen) atoms. The Labute approximate surface area is 88.5 Å². The smallest absolute Gasteiger partial charge is 0.124 e. The largest absolute Gasteiger partial charge is 0.497 e. The maximum atomic E-state index is 6.02. The summed E-state index contributed by atoms with van der Waals surface area (Å²) in [6, 6.07) is 11.1. The van der Waals surface area contributed by atoms with E-state index in [9.17, 15) is 0 Å². The van der Waals surface area contributed by atoms with Crippen molar-refractivity contribution < 1.29 is 9.15 Å². The number of nitrogens with two attached hydrogens (primary N) is 1. The van der Waals surface area contributed by atoms with Gasteiger partial charge >= 0.3 is 0 Å². The maximum Gasteiger partial charge on any atom is 0.124 e. The highest BCUT2D eigenvalue weighted by atomic mass is 16.5. The standard InChI is InChI=1S/C12H13NO2/c1-14-10-6-4-9(5-7-10)12(13)11-3-2-8-15-11/h2-8,12H,13H2,1H3/t12-/m0/s1. The van der Waals surface area contributed by atoms with Gasteiger partial charge < -0.3 is 14.9 Å². The third-order valence-corrected chi connectivity index (χ3v) is 2.32. The summed E-state index contributed by atoms with van der Waals surface area (Å²) in [4.78, 5) is 0. The van der Waals surface area contributed by atoms with Gasteiger partial charge in [0, 0.05) is 0 Å². The molecule has 0 amide bonds. The van der Waals surface area contributed by atoms with E-state index in [0.29, 0.717) is 0 Å². The minimum Gasteiger partial charge on any atom is -0.497 e. The maximum absolute atomic E-state index is 6.02. The summed E-state index contributed by atoms with van der Waals surface area (Å²) in [5.41, 5.74) is 7.02. The molecule has 0 fully saturated rings. The van der Waals surface area contributed by atoms with E-state index >= 15 is 0 Å². The zero-order valence-electron chi connectivity index (χ0n) is 8.51. The summed E-state index contributed by atoms with van der Waals surface area (Å²) in [6.45, 7) is 0. The van der Waals surface area contributed by atoms with Crippen LogP contribution in [-0.4, -0.2) is 7.11 Å². The summed E-state index contributed by atoms with van der Waals surface area (Å²) < 4.78 is 10.3. The second kappa shape index (κ2) is 4.19. The molecule has 2 N–H and O–H groups in total. The van der Waals surface area contributed by atoms with Gasteiger partial charge in [-0.25, -0.2) is 0 Å². The zero-order chi connectivity index (χ0) is 10.7. The monoisotopic (exact) mass is 203 g/mol. The van der Waals surface area contributed by atoms with Crippen molar-refractivity contribution in [2.45, 2.75) is 6.04 Å². The van der Waals surface area contributed by atoms with Crippen molar-refractivity contribution in [2.75, 3.05) is 7.11 Å². The lowest BCUT2D eigenvalue weighted by Gasteiger charge is -2.09. The molecule has 0 spiro atoms. The second-order valence-electron chi connectivity index (χ2n) is 3.27. The molecule has 1 aromatic heterocycles. The Balaban J connectivity index is 2.22. The molecule has 78 valence electrons. The van der Waals surface area contributed by atoms with Crippen LogP contribution in [-0.2, 0) is 0 Å². The van der Waals surface area contributed by atoms with Gasteiger partial charge in [-0.2, -0.15) is 0 Å². The lowest BCUT2D eigenvalue weighted by Crippen LogP contribution is -2.10. The molecule has 3 nitrogen and oxygen atoms in total. The molecule has 0 aliphatic rings. The average Bonchev–Trinajstić information content (AvgIpc) is 2.82. The molecule has 0 radical (unpaired) electrons. The van der Waals surface area contributed by atoms with Crippen LogP contribution in [0.3, 0.4) is 0 Å². The van der Waals surface area contributed by atoms with E-state index in [4.69, 9.17) is 14.9 Å². The predicted molar refractivity (Wildman–Crippen MR) is 57.7 cm³/mol. The SMILES string of the molecule is COc1ccc([C@H](N)c2ccco2)cc1. The Morgan fingerprint density at radius 3 is 2.47 bits per heavy atom. The van der Waals surface area contributed by atoms with Crippen LogP contribution in [0.2, 0.25) is 0 Å². The van der Waals surface area contributed by atoms with Crippen molar-refractivity contribution >= 4 is 0 Å². The molecular weight excluding hydrogens is 190 g/mol. The number of ether oxygens (including phenoxy) is 1. The molecule has 0 bridgehead atoms. The lowest BCUT2D eigenvalue weighted by atomic mass is 10.1. The molecule has 1 atom stereocenters. The topological polar surface area (TPSA) is 48.4 Å². The minimum absolute atomic E-state index is 0.217. The van der Waals surface area contributed by atoms with E-state index in [0.717, 1.165) is 17.1 Å². The van der Waals surface area contributed by atoms with Crippen molar-refractivity contribution in [1.29, 1.82) is 0 Å². The Morgan fingerprint density at radius 2 is 1.93 bits per heavy atom. The van der Waals surface area contributed by atoms with Crippen molar-refractivity contribution in [3.05, 3.63) is 54.0 Å². The lowest BCUT2D eigenvalue weighted by molar-refractivity contribution is 0.414. The van der Waals surface area contributed by atoms with E-state index < -0.39 is 0 Å². The second-order valence-corrected chi connectivity index (χ2v) is 3.27. The Kier molecular flexibility index (Phi) is 2.74. The summed E-state index contributed by atoms with van der Waals surface area (Å²) in [7, 11) is 1.64. The highest BCUT2D eigenvalue weighted by Crippen LogP contribution is 2.21. The first kappa shape index (κ1) is 9.80. The molecule has 0 saturated carbocycles. The van der Waals surface area contributed by atoms with Crippen LogP contribution >= 0.6 is 0 Å². The van der Waals surface area contributed by atoms with Crippen molar-refractivity contribution in [2.24, 2.45) is 5.73 Å². The third kappa shape index (κ3) is 2.02. The molecule has 0 aliphatic heterocycles. The number of hydrogen-bond acceptors (Lipinski definition) is 3. The van der Waals surface area contributed by atoms with Crippen LogP contribution in [0.4, 0.5) is 0 Å². The molecule has 1 heterocycles. The summed E-state index contributed by atoms with van der Waals surface area (Å²) >= 11 is 0. The summed E-state index contributed by atoms with van der Waals surface area (Å²) in [6.07, 6.45) is 1.62. The van der Waals surface area contributed by atoms with Crippen LogP contribution in [0, 0.1) is 0 Å². The predicted octanol–water partition coefficient (Wildman–Crippen LogP) is 2.34. The van der Waals surface area contributed by atoms with E-state index in [-0.39, 0.29) is 6.04 Å². The first-order valence-corrected chi connectivity index (χ1v) is 4.74. The molecule has 2 aromatic rings. The molecular formula is C12H13NO2. The van der Waals surface area contributed by atoms with Gasteiger partial charge in [-0.3, -0.25) is 0 Å². The Bertz CT molecular complexity index is 406. The van der Waals surface area contributed by atoms with Crippen LogP contribution in [0.15, 0.2) is 47.1 Å². The zero-order valence-corrected chi connectivity index (χ0v) is 8.51. The average molecular weight is 203 g/mol. The van der Waals surface area contributed by atoms with Crippen LogP contribution in [0.25, 0.3) is 0 Å². The normalized spacial score (nSPS) is 12.4. The first-order valence-electron chi connectivity index (χ1n) is 4.74. The first-order chi connectivity index (χ1) is 7.31. The van der Waals surface area contributed by atoms with Gasteiger partial charge in [0.25, 0.3) is 0 Å². The van der Waals surface area contributed by atoms with Gasteiger partial charge in [0.05, 0.1) is 19.4 Å². The highest BCUT2D eigenvalue weighted by Gasteiger charge is 2.10. The van der Waals surface area contributed by atoms with Crippen molar-refractivity contribution in [3.8, 4) is 5.75 Å². The number of hydrogen-bond donors (Lipinski definition) is 1. The highest BCUT2D eigenvalue weighted by molar-refractivity contribution is 5.32. The Hall–Kier alpha value is -1.74. The van der Waals surface area contributed by atoms with Crippen molar-refractivity contribution in [3.63, 3.8) is 0 Å². The van der Waals surface area contributed by atoms with E-state index in [1.807, 2.05) is 36.4 Å². The van der Waals surface area contributed by atoms with Gasteiger partial charge in [0.15, 0.2) is 0 Å². The van der Waals surface area contributed by atoms with Gasteiger partial charge in [-0.15, -0.1) is 0 Å². The molecule has 0 aliphatic carbocycles. The quantitative estimate of drug-likeness (QED) is 0.832. The van der Waals surface area contributed by atoms with E-state index in [1.54, 1.807) is 13.4 Å². The van der Waals surface area contributed by atoms with Gasteiger partial charge in [0.2, 0.25) is 0 Å². The number of methoxy groups -OCH3 is 1. The van der Waals surface area contributed by atoms with Crippen molar-refractivity contribution in [1.82, 2.24) is 0 Å². The van der Waals surface area contributed by atoms with Crippen LogP contribution in [0.1, 0.15) is 17.4 Å². The number of rotatable bonds is 3. The van der Waals surface area contributed by atoms with E-state index in [1.165, 1.54) is 0 Å². The van der Waals surface area contributed by atoms with E-state index in [2.05, 4.69) is 0 Å². The van der Waals surface area contributed by atoms with Gasteiger partial charge in [-0.05, 0) is 29.8 Å². The fourth-order valence-electron chi connectivity index (χ4n) is 1.44. The molecule has 1 aromatic carbocycles. The third-order valence-electron chi connectivity index (χ3n) is 2.32. The fraction of sp³-hybridized carbons (Fsp3) is 0.167. The van der Waals surface area contributed by atoms with Gasteiger partial charge in [0.1, 0.15) is 11.5 Å². The van der Waals surface area contributed by atoms with Crippen LogP contribution in [0.5, 0.6) is 5.75 Å². The number of benzene rings is 1. The molecule has 0 unspecified atom stereocenters. The molecule has 0 saturated heterocycles. The fourth-order valence-corrected chi connectivity index (χ4v) is 1.44. The minimum atomic E-state index is -0.217. The molecule has 2 rings (SSSR count). The number of furan rings is 1. The molecule has 3 heteroatoms. The summed E-state index contributed by atoms with van der Waals surface area (Å²) in [5, 5.41) is 0. The Morgan fingerprint density at radius 1 is 1.20 bits per heavy atom.